The molecule has 0 aliphatic heterocycles. The molecular weight excluding hydrogens is 188 g/mol. The number of fused-ring (bicyclic) bond motifs is 3. The van der Waals surface area contributed by atoms with Gasteiger partial charge >= 0.3 is 0 Å². The van der Waals surface area contributed by atoms with Gasteiger partial charge in [-0.1, -0.05) is 25.7 Å². The third-order valence-corrected chi connectivity index (χ3v) is 5.28. The van der Waals surface area contributed by atoms with Crippen molar-refractivity contribution in [3.63, 3.8) is 0 Å². The Kier molecular flexibility index (Phi) is 2.33. The minimum Gasteiger partial charge on any atom is -0.365 e. The number of hydrogen-bond acceptors (Lipinski definition) is 2. The summed E-state index contributed by atoms with van der Waals surface area (Å²) in [6.45, 7) is 0. The molecule has 2 nitrogen and oxygen atoms in total. The van der Waals surface area contributed by atoms with Crippen LogP contribution in [-0.2, 0) is 0 Å². The van der Waals surface area contributed by atoms with E-state index in [1.54, 1.807) is 0 Å². The van der Waals surface area contributed by atoms with E-state index >= 15 is 0 Å². The van der Waals surface area contributed by atoms with E-state index in [-0.39, 0.29) is 11.8 Å². The summed E-state index contributed by atoms with van der Waals surface area (Å²) in [5.41, 5.74) is 0. The van der Waals surface area contributed by atoms with Gasteiger partial charge in [0.1, 0.15) is 0 Å². The van der Waals surface area contributed by atoms with Gasteiger partial charge in [-0.05, 0) is 37.5 Å². The van der Waals surface area contributed by atoms with E-state index in [1.807, 2.05) is 0 Å². The number of rotatable bonds is 0. The van der Waals surface area contributed by atoms with Gasteiger partial charge in [0, 0.05) is 11.8 Å². The Balaban J connectivity index is 1.90. The second-order valence-electron chi connectivity index (χ2n) is 5.89. The fraction of sp³-hybridized carbons (Fsp3) is 1.00. The predicted octanol–water partition coefficient (Wildman–Crippen LogP) is 2.29. The Bertz CT molecular complexity index is 225. The molecular formula is C13H22O2. The normalized spacial score (nSPS) is 48.4. The zero-order valence-corrected chi connectivity index (χ0v) is 9.36. The van der Waals surface area contributed by atoms with Crippen molar-refractivity contribution >= 4 is 0 Å². The van der Waals surface area contributed by atoms with E-state index in [0.29, 0.717) is 11.8 Å². The van der Waals surface area contributed by atoms with Gasteiger partial charge in [-0.2, -0.15) is 0 Å². The van der Waals surface area contributed by atoms with E-state index in [4.69, 9.17) is 0 Å². The molecule has 0 amide bonds. The van der Waals surface area contributed by atoms with Gasteiger partial charge in [-0.25, -0.2) is 0 Å². The van der Waals surface area contributed by atoms with Crippen molar-refractivity contribution in [1.29, 1.82) is 0 Å². The minimum absolute atomic E-state index is 0.194. The van der Waals surface area contributed by atoms with Crippen LogP contribution in [0, 0.1) is 23.7 Å². The SMILES string of the molecule is OC1(O)C2CCCCC2C2CCCCC21. The maximum atomic E-state index is 10.3. The van der Waals surface area contributed by atoms with Crippen LogP contribution in [0.15, 0.2) is 0 Å². The highest BCUT2D eigenvalue weighted by atomic mass is 16.5. The average molecular weight is 210 g/mol. The summed E-state index contributed by atoms with van der Waals surface area (Å²) in [4.78, 5) is 0. The van der Waals surface area contributed by atoms with Gasteiger partial charge in [0.2, 0.25) is 0 Å². The van der Waals surface area contributed by atoms with Gasteiger partial charge < -0.3 is 10.2 Å². The summed E-state index contributed by atoms with van der Waals surface area (Å²) in [7, 11) is 0. The second kappa shape index (κ2) is 3.46. The van der Waals surface area contributed by atoms with Crippen LogP contribution in [0.25, 0.3) is 0 Å². The van der Waals surface area contributed by atoms with Crippen molar-refractivity contribution < 1.29 is 10.2 Å². The van der Waals surface area contributed by atoms with Crippen molar-refractivity contribution in [2.75, 3.05) is 0 Å². The standard InChI is InChI=1S/C13H22O2/c14-13(15)11-7-3-1-5-9(11)10-6-2-4-8-12(10)13/h9-12,14-15H,1-8H2. The lowest BCUT2D eigenvalue weighted by Crippen LogP contribution is -2.42. The zero-order chi connectivity index (χ0) is 10.5. The molecule has 3 aliphatic rings. The highest BCUT2D eigenvalue weighted by Crippen LogP contribution is 2.57. The maximum absolute atomic E-state index is 10.3. The Morgan fingerprint density at radius 3 is 1.53 bits per heavy atom. The predicted molar refractivity (Wildman–Crippen MR) is 58.1 cm³/mol. The smallest absolute Gasteiger partial charge is 0.168 e. The first-order chi connectivity index (χ1) is 7.21. The van der Waals surface area contributed by atoms with E-state index in [2.05, 4.69) is 0 Å². The molecule has 3 rings (SSSR count). The van der Waals surface area contributed by atoms with Gasteiger partial charge in [-0.3, -0.25) is 0 Å². The molecule has 0 bridgehead atoms. The van der Waals surface area contributed by atoms with Crippen LogP contribution >= 0.6 is 0 Å². The van der Waals surface area contributed by atoms with Crippen LogP contribution in [0.1, 0.15) is 51.4 Å². The molecule has 2 heteroatoms. The molecule has 0 aromatic carbocycles. The van der Waals surface area contributed by atoms with Crippen molar-refractivity contribution in [1.82, 2.24) is 0 Å². The van der Waals surface area contributed by atoms with Crippen molar-refractivity contribution in [3.8, 4) is 0 Å². The fourth-order valence-electron chi connectivity index (χ4n) is 4.67. The molecule has 86 valence electrons. The van der Waals surface area contributed by atoms with Crippen molar-refractivity contribution in [2.45, 2.75) is 57.2 Å². The van der Waals surface area contributed by atoms with Crippen LogP contribution < -0.4 is 0 Å². The first-order valence-corrected chi connectivity index (χ1v) is 6.66. The lowest BCUT2D eigenvalue weighted by molar-refractivity contribution is -0.226. The molecule has 15 heavy (non-hydrogen) atoms. The Labute approximate surface area is 91.7 Å². The summed E-state index contributed by atoms with van der Waals surface area (Å²) in [6, 6.07) is 0. The molecule has 0 spiro atoms. The van der Waals surface area contributed by atoms with Gasteiger partial charge in [0.15, 0.2) is 5.79 Å². The molecule has 3 fully saturated rings. The topological polar surface area (TPSA) is 40.5 Å². The highest BCUT2D eigenvalue weighted by Gasteiger charge is 2.58. The average Bonchev–Trinajstić information content (AvgIpc) is 2.51. The summed E-state index contributed by atoms with van der Waals surface area (Å²) in [5, 5.41) is 20.7. The van der Waals surface area contributed by atoms with Crippen molar-refractivity contribution in [2.24, 2.45) is 23.7 Å². The van der Waals surface area contributed by atoms with E-state index in [1.165, 1.54) is 38.5 Å². The molecule has 0 heterocycles. The second-order valence-corrected chi connectivity index (χ2v) is 5.89. The van der Waals surface area contributed by atoms with Gasteiger partial charge in [0.25, 0.3) is 0 Å². The molecule has 0 aromatic rings. The van der Waals surface area contributed by atoms with E-state index in [9.17, 15) is 10.2 Å². The summed E-state index contributed by atoms with van der Waals surface area (Å²) in [5.74, 6) is 0.313. The Morgan fingerprint density at radius 1 is 0.667 bits per heavy atom. The van der Waals surface area contributed by atoms with Gasteiger partial charge in [0.05, 0.1) is 0 Å². The first kappa shape index (κ1) is 10.1. The number of aliphatic hydroxyl groups is 2. The molecule has 0 radical (unpaired) electrons. The summed E-state index contributed by atoms with van der Waals surface area (Å²) in [6.07, 6.45) is 9.59. The molecule has 0 saturated heterocycles. The molecule has 2 N–H and O–H groups in total. The van der Waals surface area contributed by atoms with Gasteiger partial charge in [-0.15, -0.1) is 0 Å². The molecule has 4 atom stereocenters. The maximum Gasteiger partial charge on any atom is 0.168 e. The zero-order valence-electron chi connectivity index (χ0n) is 9.36. The van der Waals surface area contributed by atoms with Crippen LogP contribution in [0.4, 0.5) is 0 Å². The summed E-state index contributed by atoms with van der Waals surface area (Å²) >= 11 is 0. The lowest BCUT2D eigenvalue weighted by atomic mass is 9.73. The molecule has 4 unspecified atom stereocenters. The van der Waals surface area contributed by atoms with Crippen LogP contribution in [0.2, 0.25) is 0 Å². The molecule has 3 saturated carbocycles. The lowest BCUT2D eigenvalue weighted by Gasteiger charge is -2.33. The monoisotopic (exact) mass is 210 g/mol. The van der Waals surface area contributed by atoms with Crippen LogP contribution in [0.5, 0.6) is 0 Å². The molecule has 0 aromatic heterocycles. The fourth-order valence-corrected chi connectivity index (χ4v) is 4.67. The Morgan fingerprint density at radius 2 is 1.07 bits per heavy atom. The quantitative estimate of drug-likeness (QED) is 0.602. The largest absolute Gasteiger partial charge is 0.365 e. The third-order valence-electron chi connectivity index (χ3n) is 5.28. The number of hydrogen-bond donors (Lipinski definition) is 2. The first-order valence-electron chi connectivity index (χ1n) is 6.66. The van der Waals surface area contributed by atoms with Crippen LogP contribution in [0.3, 0.4) is 0 Å². The third kappa shape index (κ3) is 1.38. The summed E-state index contributed by atoms with van der Waals surface area (Å²) < 4.78 is 0. The van der Waals surface area contributed by atoms with E-state index < -0.39 is 5.79 Å². The van der Waals surface area contributed by atoms with Crippen LogP contribution in [-0.4, -0.2) is 16.0 Å². The van der Waals surface area contributed by atoms with Crippen molar-refractivity contribution in [3.05, 3.63) is 0 Å². The minimum atomic E-state index is -1.32. The molecule has 3 aliphatic carbocycles. The van der Waals surface area contributed by atoms with E-state index in [0.717, 1.165) is 12.8 Å². The Hall–Kier alpha value is -0.0800. The highest BCUT2D eigenvalue weighted by molar-refractivity contribution is 5.03.